The SMILES string of the molecule is O=C(CCN1CCCC1)Nc1cccc([N+](=O)[O-])c1. The van der Waals surface area contributed by atoms with Gasteiger partial charge in [-0.2, -0.15) is 0 Å². The number of nitrogens with zero attached hydrogens (tertiary/aromatic N) is 2. The number of hydrogen-bond acceptors (Lipinski definition) is 4. The smallest absolute Gasteiger partial charge is 0.271 e. The van der Waals surface area contributed by atoms with Gasteiger partial charge in [-0.1, -0.05) is 6.07 Å². The number of hydrogen-bond donors (Lipinski definition) is 1. The summed E-state index contributed by atoms with van der Waals surface area (Å²) in [6.45, 7) is 2.87. The van der Waals surface area contributed by atoms with Gasteiger partial charge in [-0.15, -0.1) is 0 Å². The molecule has 1 amide bonds. The fourth-order valence-electron chi connectivity index (χ4n) is 2.19. The molecule has 19 heavy (non-hydrogen) atoms. The maximum Gasteiger partial charge on any atom is 0.271 e. The molecule has 0 aliphatic carbocycles. The number of nitro groups is 1. The van der Waals surface area contributed by atoms with Crippen LogP contribution in [0.1, 0.15) is 19.3 Å². The molecule has 102 valence electrons. The number of rotatable bonds is 5. The quantitative estimate of drug-likeness (QED) is 0.651. The molecule has 0 spiro atoms. The normalized spacial score (nSPS) is 15.4. The number of carbonyl (C=O) groups excluding carboxylic acids is 1. The molecule has 1 aliphatic rings. The van der Waals surface area contributed by atoms with Gasteiger partial charge in [0.05, 0.1) is 4.92 Å². The zero-order valence-corrected chi connectivity index (χ0v) is 10.7. The molecule has 0 aromatic heterocycles. The van der Waals surface area contributed by atoms with E-state index in [1.165, 1.54) is 25.0 Å². The van der Waals surface area contributed by atoms with Crippen LogP contribution in [-0.2, 0) is 4.79 Å². The fraction of sp³-hybridized carbons (Fsp3) is 0.462. The van der Waals surface area contributed by atoms with Crippen molar-refractivity contribution in [2.75, 3.05) is 25.0 Å². The van der Waals surface area contributed by atoms with E-state index in [0.717, 1.165) is 19.6 Å². The predicted molar refractivity (Wildman–Crippen MR) is 72.0 cm³/mol. The number of carbonyl (C=O) groups is 1. The predicted octanol–water partition coefficient (Wildman–Crippen LogP) is 2.02. The average Bonchev–Trinajstić information content (AvgIpc) is 2.90. The largest absolute Gasteiger partial charge is 0.326 e. The van der Waals surface area contributed by atoms with Crippen LogP contribution in [0.15, 0.2) is 24.3 Å². The summed E-state index contributed by atoms with van der Waals surface area (Å²) < 4.78 is 0. The van der Waals surface area contributed by atoms with Crippen molar-refractivity contribution in [3.8, 4) is 0 Å². The van der Waals surface area contributed by atoms with E-state index in [1.807, 2.05) is 0 Å². The lowest BCUT2D eigenvalue weighted by atomic mass is 10.2. The van der Waals surface area contributed by atoms with E-state index in [9.17, 15) is 14.9 Å². The van der Waals surface area contributed by atoms with Crippen LogP contribution in [0.2, 0.25) is 0 Å². The highest BCUT2D eigenvalue weighted by Gasteiger charge is 2.13. The molecule has 1 aliphatic heterocycles. The minimum absolute atomic E-state index is 0.0163. The summed E-state index contributed by atoms with van der Waals surface area (Å²) in [4.78, 5) is 24.2. The summed E-state index contributed by atoms with van der Waals surface area (Å²) in [5.41, 5.74) is 0.456. The third-order valence-electron chi connectivity index (χ3n) is 3.19. The van der Waals surface area contributed by atoms with Crippen molar-refractivity contribution >= 4 is 17.3 Å². The van der Waals surface area contributed by atoms with Gasteiger partial charge in [-0.25, -0.2) is 0 Å². The van der Waals surface area contributed by atoms with Gasteiger partial charge in [0, 0.05) is 30.8 Å². The zero-order chi connectivity index (χ0) is 13.7. The maximum absolute atomic E-state index is 11.7. The molecule has 0 unspecified atom stereocenters. The molecule has 0 bridgehead atoms. The molecule has 1 saturated heterocycles. The summed E-state index contributed by atoms with van der Waals surface area (Å²) in [6, 6.07) is 5.99. The monoisotopic (exact) mass is 263 g/mol. The Hall–Kier alpha value is -1.95. The zero-order valence-electron chi connectivity index (χ0n) is 10.7. The van der Waals surface area contributed by atoms with E-state index < -0.39 is 4.92 Å². The summed E-state index contributed by atoms with van der Waals surface area (Å²) in [6.07, 6.45) is 2.82. The second kappa shape index (κ2) is 6.29. The molecular formula is C13H17N3O3. The van der Waals surface area contributed by atoms with Gasteiger partial charge >= 0.3 is 0 Å². The van der Waals surface area contributed by atoms with Crippen LogP contribution in [0.25, 0.3) is 0 Å². The molecule has 6 heteroatoms. The third kappa shape index (κ3) is 4.03. The summed E-state index contributed by atoms with van der Waals surface area (Å²) in [5.74, 6) is -0.104. The van der Waals surface area contributed by atoms with Gasteiger partial charge in [0.1, 0.15) is 0 Å². The van der Waals surface area contributed by atoms with Crippen molar-refractivity contribution in [1.82, 2.24) is 4.90 Å². The Kier molecular flexibility index (Phi) is 4.46. The first-order valence-electron chi connectivity index (χ1n) is 6.42. The molecule has 1 N–H and O–H groups in total. The molecule has 1 aromatic carbocycles. The molecular weight excluding hydrogens is 246 g/mol. The Morgan fingerprint density at radius 1 is 1.37 bits per heavy atom. The van der Waals surface area contributed by atoms with E-state index in [0.29, 0.717) is 12.1 Å². The van der Waals surface area contributed by atoms with E-state index in [1.54, 1.807) is 12.1 Å². The maximum atomic E-state index is 11.7. The van der Waals surface area contributed by atoms with E-state index >= 15 is 0 Å². The van der Waals surface area contributed by atoms with Gasteiger partial charge in [-0.05, 0) is 32.0 Å². The van der Waals surface area contributed by atoms with Crippen LogP contribution in [0.3, 0.4) is 0 Å². The molecule has 2 rings (SSSR count). The summed E-state index contributed by atoms with van der Waals surface area (Å²) >= 11 is 0. The summed E-state index contributed by atoms with van der Waals surface area (Å²) in [5, 5.41) is 13.3. The van der Waals surface area contributed by atoms with Crippen LogP contribution in [0, 0.1) is 10.1 Å². The number of non-ortho nitro benzene ring substituents is 1. The molecule has 0 atom stereocenters. The van der Waals surface area contributed by atoms with Crippen molar-refractivity contribution in [1.29, 1.82) is 0 Å². The minimum atomic E-state index is -0.472. The molecule has 6 nitrogen and oxygen atoms in total. The number of likely N-dealkylation sites (tertiary alicyclic amines) is 1. The number of nitro benzene ring substituents is 1. The summed E-state index contributed by atoms with van der Waals surface area (Å²) in [7, 11) is 0. The molecule has 1 heterocycles. The molecule has 1 fully saturated rings. The second-order valence-electron chi connectivity index (χ2n) is 4.65. The lowest BCUT2D eigenvalue weighted by Gasteiger charge is -2.13. The highest BCUT2D eigenvalue weighted by molar-refractivity contribution is 5.91. The molecule has 0 saturated carbocycles. The van der Waals surface area contributed by atoms with Crippen LogP contribution in [0.5, 0.6) is 0 Å². The van der Waals surface area contributed by atoms with Gasteiger partial charge in [0.25, 0.3) is 5.69 Å². The van der Waals surface area contributed by atoms with Gasteiger partial charge < -0.3 is 10.2 Å². The molecule has 1 aromatic rings. The Labute approximate surface area is 111 Å². The number of benzene rings is 1. The highest BCUT2D eigenvalue weighted by atomic mass is 16.6. The lowest BCUT2D eigenvalue weighted by Crippen LogP contribution is -2.25. The van der Waals surface area contributed by atoms with Crippen LogP contribution in [0.4, 0.5) is 11.4 Å². The van der Waals surface area contributed by atoms with Crippen molar-refractivity contribution in [2.45, 2.75) is 19.3 Å². The minimum Gasteiger partial charge on any atom is -0.326 e. The topological polar surface area (TPSA) is 75.5 Å². The second-order valence-corrected chi connectivity index (χ2v) is 4.65. The van der Waals surface area contributed by atoms with Gasteiger partial charge in [-0.3, -0.25) is 14.9 Å². The van der Waals surface area contributed by atoms with Gasteiger partial charge in [0.15, 0.2) is 0 Å². The Morgan fingerprint density at radius 2 is 2.11 bits per heavy atom. The van der Waals surface area contributed by atoms with E-state index in [-0.39, 0.29) is 11.6 Å². The highest BCUT2D eigenvalue weighted by Crippen LogP contribution is 2.17. The Balaban J connectivity index is 1.84. The number of amides is 1. The lowest BCUT2D eigenvalue weighted by molar-refractivity contribution is -0.384. The van der Waals surface area contributed by atoms with Crippen molar-refractivity contribution in [3.05, 3.63) is 34.4 Å². The number of nitrogens with one attached hydrogen (secondary N) is 1. The van der Waals surface area contributed by atoms with E-state index in [2.05, 4.69) is 10.2 Å². The first-order valence-corrected chi connectivity index (χ1v) is 6.42. The first-order chi connectivity index (χ1) is 9.15. The number of anilines is 1. The fourth-order valence-corrected chi connectivity index (χ4v) is 2.19. The Morgan fingerprint density at radius 3 is 2.79 bits per heavy atom. The van der Waals surface area contributed by atoms with Crippen molar-refractivity contribution in [2.24, 2.45) is 0 Å². The van der Waals surface area contributed by atoms with Crippen LogP contribution >= 0.6 is 0 Å². The first kappa shape index (κ1) is 13.5. The molecule has 0 radical (unpaired) electrons. The van der Waals surface area contributed by atoms with Gasteiger partial charge in [0.2, 0.25) is 5.91 Å². The van der Waals surface area contributed by atoms with E-state index in [4.69, 9.17) is 0 Å². The van der Waals surface area contributed by atoms with Crippen LogP contribution < -0.4 is 5.32 Å². The standard InChI is InChI=1S/C13H17N3O3/c17-13(6-9-15-7-1-2-8-15)14-11-4-3-5-12(10-11)16(18)19/h3-5,10H,1-2,6-9H2,(H,14,17). The van der Waals surface area contributed by atoms with Crippen LogP contribution in [-0.4, -0.2) is 35.4 Å². The average molecular weight is 263 g/mol. The van der Waals surface area contributed by atoms with Crippen molar-refractivity contribution < 1.29 is 9.72 Å². The third-order valence-corrected chi connectivity index (χ3v) is 3.19. The Bertz CT molecular complexity index is 470. The van der Waals surface area contributed by atoms with Crippen molar-refractivity contribution in [3.63, 3.8) is 0 Å².